The third kappa shape index (κ3) is 4.39. The average Bonchev–Trinajstić information content (AvgIpc) is 3.30. The van der Waals surface area contributed by atoms with Crippen LogP contribution in [0.2, 0.25) is 0 Å². The topological polar surface area (TPSA) is 79.2 Å². The summed E-state index contributed by atoms with van der Waals surface area (Å²) in [7, 11) is 0. The van der Waals surface area contributed by atoms with Gasteiger partial charge in [-0.05, 0) is 58.2 Å². The molecule has 1 aliphatic carbocycles. The van der Waals surface area contributed by atoms with Crippen LogP contribution in [0.1, 0.15) is 61.4 Å². The minimum atomic E-state index is -0.131. The number of benzene rings is 1. The molecule has 1 saturated carbocycles. The van der Waals surface area contributed by atoms with Gasteiger partial charge in [-0.3, -0.25) is 0 Å². The molecule has 0 radical (unpaired) electrons. The zero-order valence-corrected chi connectivity index (χ0v) is 15.2. The van der Waals surface area contributed by atoms with Crippen LogP contribution in [0.3, 0.4) is 0 Å². The Morgan fingerprint density at radius 3 is 2.40 bits per heavy atom. The zero-order chi connectivity index (χ0) is 18.0. The lowest BCUT2D eigenvalue weighted by atomic mass is 10.0. The van der Waals surface area contributed by atoms with Crippen molar-refractivity contribution in [1.29, 1.82) is 0 Å². The molecule has 1 aromatic carbocycles. The molecule has 134 valence electrons. The van der Waals surface area contributed by atoms with E-state index in [9.17, 15) is 4.79 Å². The van der Waals surface area contributed by atoms with Crippen molar-refractivity contribution in [2.75, 3.05) is 5.32 Å². The standard InChI is InChI=1S/C19H26N4O2/c1-11(20-12(2)18-13(3)23-25-14(18)4)15-5-7-16(8-6-15)21-19(24)22-17-9-10-17/h5-8,11-12,17,20H,9-10H2,1-4H3,(H2,21,22,24)/t11-,12+/m0/s1. The number of nitrogens with one attached hydrogen (secondary N) is 3. The lowest BCUT2D eigenvalue weighted by Gasteiger charge is -2.20. The summed E-state index contributed by atoms with van der Waals surface area (Å²) < 4.78 is 5.25. The Balaban J connectivity index is 1.58. The highest BCUT2D eigenvalue weighted by molar-refractivity contribution is 5.89. The van der Waals surface area contributed by atoms with Crippen molar-refractivity contribution in [1.82, 2.24) is 15.8 Å². The molecule has 0 aliphatic heterocycles. The highest BCUT2D eigenvalue weighted by Gasteiger charge is 2.23. The fourth-order valence-corrected chi connectivity index (χ4v) is 3.10. The highest BCUT2D eigenvalue weighted by Crippen LogP contribution is 2.25. The van der Waals surface area contributed by atoms with Crippen molar-refractivity contribution < 1.29 is 9.32 Å². The summed E-state index contributed by atoms with van der Waals surface area (Å²) in [5.74, 6) is 0.853. The minimum absolute atomic E-state index is 0.131. The number of carbonyl (C=O) groups excluding carboxylic acids is 1. The van der Waals surface area contributed by atoms with E-state index in [2.05, 4.69) is 35.0 Å². The number of aromatic nitrogens is 1. The first-order valence-corrected chi connectivity index (χ1v) is 8.80. The first-order valence-electron chi connectivity index (χ1n) is 8.80. The predicted molar refractivity (Wildman–Crippen MR) is 97.6 cm³/mol. The summed E-state index contributed by atoms with van der Waals surface area (Å²) in [5, 5.41) is 13.4. The van der Waals surface area contributed by atoms with Gasteiger partial charge < -0.3 is 20.5 Å². The molecule has 6 heteroatoms. The summed E-state index contributed by atoms with van der Waals surface area (Å²) in [6, 6.07) is 8.46. The van der Waals surface area contributed by atoms with Crippen LogP contribution in [0.15, 0.2) is 28.8 Å². The number of amides is 2. The Hall–Kier alpha value is -2.34. The molecule has 2 atom stereocenters. The maximum Gasteiger partial charge on any atom is 0.319 e. The fourth-order valence-electron chi connectivity index (χ4n) is 3.10. The quantitative estimate of drug-likeness (QED) is 0.742. The first-order chi connectivity index (χ1) is 11.9. The second-order valence-corrected chi connectivity index (χ2v) is 6.84. The SMILES string of the molecule is Cc1noc(C)c1[C@@H](C)N[C@@H](C)c1ccc(NC(=O)NC2CC2)cc1. The van der Waals surface area contributed by atoms with Gasteiger partial charge in [-0.25, -0.2) is 4.79 Å². The molecule has 3 N–H and O–H groups in total. The van der Waals surface area contributed by atoms with Crippen molar-refractivity contribution >= 4 is 11.7 Å². The van der Waals surface area contributed by atoms with Crippen LogP contribution in [-0.2, 0) is 0 Å². The van der Waals surface area contributed by atoms with Gasteiger partial charge in [0.25, 0.3) is 0 Å². The lowest BCUT2D eigenvalue weighted by molar-refractivity contribution is 0.251. The number of hydrogen-bond acceptors (Lipinski definition) is 4. The molecule has 25 heavy (non-hydrogen) atoms. The van der Waals surface area contributed by atoms with E-state index in [1.807, 2.05) is 38.1 Å². The fraction of sp³-hybridized carbons (Fsp3) is 0.474. The van der Waals surface area contributed by atoms with Crippen LogP contribution in [0, 0.1) is 13.8 Å². The Morgan fingerprint density at radius 1 is 1.16 bits per heavy atom. The third-order valence-corrected chi connectivity index (χ3v) is 4.60. The van der Waals surface area contributed by atoms with Crippen molar-refractivity contribution in [3.8, 4) is 0 Å². The summed E-state index contributed by atoms with van der Waals surface area (Å²) in [6.45, 7) is 8.13. The van der Waals surface area contributed by atoms with Gasteiger partial charge >= 0.3 is 6.03 Å². The monoisotopic (exact) mass is 342 g/mol. The van der Waals surface area contributed by atoms with Gasteiger partial charge in [0.1, 0.15) is 5.76 Å². The molecule has 1 fully saturated rings. The van der Waals surface area contributed by atoms with Gasteiger partial charge in [-0.15, -0.1) is 0 Å². The average molecular weight is 342 g/mol. The highest BCUT2D eigenvalue weighted by atomic mass is 16.5. The number of nitrogens with zero attached hydrogens (tertiary/aromatic N) is 1. The van der Waals surface area contributed by atoms with Crippen molar-refractivity contribution in [3.05, 3.63) is 46.8 Å². The van der Waals surface area contributed by atoms with E-state index in [0.717, 1.165) is 41.1 Å². The maximum atomic E-state index is 11.8. The van der Waals surface area contributed by atoms with Crippen LogP contribution >= 0.6 is 0 Å². The van der Waals surface area contributed by atoms with E-state index in [4.69, 9.17) is 4.52 Å². The van der Waals surface area contributed by atoms with Crippen molar-refractivity contribution in [2.24, 2.45) is 0 Å². The van der Waals surface area contributed by atoms with Crippen molar-refractivity contribution in [3.63, 3.8) is 0 Å². The van der Waals surface area contributed by atoms with E-state index in [1.54, 1.807) is 0 Å². The lowest BCUT2D eigenvalue weighted by Crippen LogP contribution is -2.30. The van der Waals surface area contributed by atoms with Gasteiger partial charge in [-0.1, -0.05) is 17.3 Å². The molecule has 0 spiro atoms. The first kappa shape index (κ1) is 17.5. The second-order valence-electron chi connectivity index (χ2n) is 6.84. The number of urea groups is 1. The largest absolute Gasteiger partial charge is 0.361 e. The van der Waals surface area contributed by atoms with Crippen LogP contribution in [0.25, 0.3) is 0 Å². The molecule has 2 aromatic rings. The van der Waals surface area contributed by atoms with E-state index in [0.29, 0.717) is 6.04 Å². The molecule has 0 saturated heterocycles. The summed E-state index contributed by atoms with van der Waals surface area (Å²) in [4.78, 5) is 11.8. The molecular formula is C19H26N4O2. The van der Waals surface area contributed by atoms with Crippen LogP contribution in [-0.4, -0.2) is 17.2 Å². The second kappa shape index (κ2) is 7.27. The molecule has 3 rings (SSSR count). The number of hydrogen-bond donors (Lipinski definition) is 3. The molecule has 6 nitrogen and oxygen atoms in total. The normalized spacial score (nSPS) is 16.3. The number of anilines is 1. The van der Waals surface area contributed by atoms with Crippen LogP contribution in [0.4, 0.5) is 10.5 Å². The molecule has 1 aliphatic rings. The number of aryl methyl sites for hydroxylation is 2. The van der Waals surface area contributed by atoms with E-state index >= 15 is 0 Å². The van der Waals surface area contributed by atoms with Crippen molar-refractivity contribution in [2.45, 2.75) is 58.7 Å². The third-order valence-electron chi connectivity index (χ3n) is 4.60. The molecule has 1 aromatic heterocycles. The van der Waals surface area contributed by atoms with Gasteiger partial charge in [0.05, 0.1) is 5.69 Å². The van der Waals surface area contributed by atoms with E-state index in [-0.39, 0.29) is 18.1 Å². The van der Waals surface area contributed by atoms with Gasteiger partial charge in [0.2, 0.25) is 0 Å². The summed E-state index contributed by atoms with van der Waals surface area (Å²) in [5.41, 5.74) is 3.99. The predicted octanol–water partition coefficient (Wildman–Crippen LogP) is 3.99. The molecule has 1 heterocycles. The maximum absolute atomic E-state index is 11.8. The molecule has 0 unspecified atom stereocenters. The molecular weight excluding hydrogens is 316 g/mol. The molecule has 2 amide bonds. The minimum Gasteiger partial charge on any atom is -0.361 e. The number of carbonyl (C=O) groups is 1. The zero-order valence-electron chi connectivity index (χ0n) is 15.2. The Morgan fingerprint density at radius 2 is 1.84 bits per heavy atom. The number of rotatable bonds is 6. The summed E-state index contributed by atoms with van der Waals surface area (Å²) >= 11 is 0. The van der Waals surface area contributed by atoms with Gasteiger partial charge in [0.15, 0.2) is 0 Å². The van der Waals surface area contributed by atoms with E-state index < -0.39 is 0 Å². The van der Waals surface area contributed by atoms with Crippen LogP contribution in [0.5, 0.6) is 0 Å². The smallest absolute Gasteiger partial charge is 0.319 e. The van der Waals surface area contributed by atoms with Gasteiger partial charge in [-0.2, -0.15) is 0 Å². The Kier molecular flexibility index (Phi) is 5.08. The van der Waals surface area contributed by atoms with Crippen LogP contribution < -0.4 is 16.0 Å². The summed E-state index contributed by atoms with van der Waals surface area (Å²) in [6.07, 6.45) is 2.16. The Labute approximate surface area is 148 Å². The Bertz CT molecular complexity index is 715. The molecule has 0 bridgehead atoms. The van der Waals surface area contributed by atoms with E-state index in [1.165, 1.54) is 0 Å². The van der Waals surface area contributed by atoms with Gasteiger partial charge in [0, 0.05) is 29.4 Å².